The third kappa shape index (κ3) is 3.57. The Labute approximate surface area is 109 Å². The van der Waals surface area contributed by atoms with Gasteiger partial charge in [0.2, 0.25) is 5.91 Å². The van der Waals surface area contributed by atoms with Gasteiger partial charge in [-0.1, -0.05) is 31.5 Å². The average molecular weight is 246 g/mol. The number of para-hydroxylation sites is 1. The lowest BCUT2D eigenvalue weighted by Crippen LogP contribution is -2.22. The number of nitrogens with one attached hydrogen (secondary N) is 2. The predicted octanol–water partition coefficient (Wildman–Crippen LogP) is 2.92. The first-order valence-electron chi connectivity index (χ1n) is 6.88. The zero-order chi connectivity index (χ0) is 12.8. The summed E-state index contributed by atoms with van der Waals surface area (Å²) in [7, 11) is 0. The Morgan fingerprint density at radius 3 is 2.78 bits per heavy atom. The summed E-state index contributed by atoms with van der Waals surface area (Å²) >= 11 is 0. The van der Waals surface area contributed by atoms with Gasteiger partial charge in [-0.3, -0.25) is 4.79 Å². The molecule has 0 bridgehead atoms. The Balaban J connectivity index is 1.92. The smallest absolute Gasteiger partial charge is 0.224 e. The molecule has 1 aromatic carbocycles. The molecule has 1 amide bonds. The summed E-state index contributed by atoms with van der Waals surface area (Å²) in [5.74, 6) is 0.773. The first-order valence-corrected chi connectivity index (χ1v) is 6.88. The van der Waals surface area contributed by atoms with Crippen LogP contribution in [0, 0.1) is 5.92 Å². The number of carbonyl (C=O) groups is 1. The van der Waals surface area contributed by atoms with Gasteiger partial charge in [0.15, 0.2) is 0 Å². The van der Waals surface area contributed by atoms with Gasteiger partial charge in [0.1, 0.15) is 0 Å². The minimum atomic E-state index is 0.156. The van der Waals surface area contributed by atoms with Crippen molar-refractivity contribution in [2.75, 3.05) is 11.9 Å². The van der Waals surface area contributed by atoms with Gasteiger partial charge in [0.05, 0.1) is 0 Å². The zero-order valence-corrected chi connectivity index (χ0v) is 11.0. The standard InChI is InChI=1S/C15H22N2O/c1-2-16-11-13-8-3-4-9-14(13)17-15(18)10-12-6-5-7-12/h3-4,8-9,12,16H,2,5-7,10-11H2,1H3,(H,17,18). The van der Waals surface area contributed by atoms with E-state index in [2.05, 4.69) is 23.6 Å². The van der Waals surface area contributed by atoms with Crippen LogP contribution in [0.5, 0.6) is 0 Å². The molecule has 0 heterocycles. The second-order valence-corrected chi connectivity index (χ2v) is 4.99. The molecule has 3 nitrogen and oxygen atoms in total. The summed E-state index contributed by atoms with van der Waals surface area (Å²) < 4.78 is 0. The van der Waals surface area contributed by atoms with Gasteiger partial charge < -0.3 is 10.6 Å². The number of hydrogen-bond donors (Lipinski definition) is 2. The molecule has 0 aromatic heterocycles. The van der Waals surface area contributed by atoms with E-state index in [9.17, 15) is 4.79 Å². The summed E-state index contributed by atoms with van der Waals surface area (Å²) in [6.07, 6.45) is 4.39. The number of rotatable bonds is 6. The molecule has 1 saturated carbocycles. The van der Waals surface area contributed by atoms with Gasteiger partial charge in [-0.15, -0.1) is 0 Å². The van der Waals surface area contributed by atoms with Crippen molar-refractivity contribution in [1.82, 2.24) is 5.32 Å². The van der Waals surface area contributed by atoms with E-state index in [0.29, 0.717) is 12.3 Å². The van der Waals surface area contributed by atoms with Crippen LogP contribution in [-0.4, -0.2) is 12.5 Å². The van der Waals surface area contributed by atoms with Crippen LogP contribution in [0.3, 0.4) is 0 Å². The van der Waals surface area contributed by atoms with Crippen LogP contribution in [0.1, 0.15) is 38.2 Å². The highest BCUT2D eigenvalue weighted by molar-refractivity contribution is 5.91. The minimum Gasteiger partial charge on any atom is -0.326 e. The number of hydrogen-bond acceptors (Lipinski definition) is 2. The Morgan fingerprint density at radius 1 is 1.33 bits per heavy atom. The predicted molar refractivity (Wildman–Crippen MR) is 74.4 cm³/mol. The van der Waals surface area contributed by atoms with Crippen LogP contribution >= 0.6 is 0 Å². The fourth-order valence-electron chi connectivity index (χ4n) is 2.22. The molecule has 98 valence electrons. The van der Waals surface area contributed by atoms with Crippen LogP contribution in [0.2, 0.25) is 0 Å². The number of benzene rings is 1. The van der Waals surface area contributed by atoms with Crippen molar-refractivity contribution in [1.29, 1.82) is 0 Å². The summed E-state index contributed by atoms with van der Waals surface area (Å²) in [4.78, 5) is 11.9. The highest BCUT2D eigenvalue weighted by atomic mass is 16.1. The van der Waals surface area contributed by atoms with Gasteiger partial charge in [-0.05, 0) is 36.9 Å². The minimum absolute atomic E-state index is 0.156. The molecule has 0 saturated heterocycles. The van der Waals surface area contributed by atoms with Crippen LogP contribution in [0.15, 0.2) is 24.3 Å². The summed E-state index contributed by atoms with van der Waals surface area (Å²) in [5, 5.41) is 6.33. The highest BCUT2D eigenvalue weighted by Gasteiger charge is 2.20. The molecule has 0 atom stereocenters. The fourth-order valence-corrected chi connectivity index (χ4v) is 2.22. The molecule has 1 aliphatic carbocycles. The third-order valence-electron chi connectivity index (χ3n) is 3.56. The molecule has 18 heavy (non-hydrogen) atoms. The van der Waals surface area contributed by atoms with E-state index < -0.39 is 0 Å². The first-order chi connectivity index (χ1) is 8.79. The van der Waals surface area contributed by atoms with Crippen molar-refractivity contribution in [3.63, 3.8) is 0 Å². The second kappa shape index (κ2) is 6.55. The van der Waals surface area contributed by atoms with Gasteiger partial charge in [0, 0.05) is 18.7 Å². The SMILES string of the molecule is CCNCc1ccccc1NC(=O)CC1CCC1. The monoisotopic (exact) mass is 246 g/mol. The number of amides is 1. The summed E-state index contributed by atoms with van der Waals surface area (Å²) in [6.45, 7) is 3.82. The fraction of sp³-hybridized carbons (Fsp3) is 0.533. The maximum atomic E-state index is 11.9. The maximum absolute atomic E-state index is 11.9. The first kappa shape index (κ1) is 13.1. The topological polar surface area (TPSA) is 41.1 Å². The molecular formula is C15H22N2O. The van der Waals surface area contributed by atoms with Gasteiger partial charge in [0.25, 0.3) is 0 Å². The molecule has 1 aromatic rings. The molecule has 0 unspecified atom stereocenters. The largest absolute Gasteiger partial charge is 0.326 e. The Hall–Kier alpha value is -1.35. The quantitative estimate of drug-likeness (QED) is 0.810. The normalized spacial score (nSPS) is 15.2. The van der Waals surface area contributed by atoms with Crippen molar-refractivity contribution in [3.05, 3.63) is 29.8 Å². The number of anilines is 1. The van der Waals surface area contributed by atoms with Crippen molar-refractivity contribution in [3.8, 4) is 0 Å². The van der Waals surface area contributed by atoms with Crippen LogP contribution in [0.4, 0.5) is 5.69 Å². The van der Waals surface area contributed by atoms with Crippen molar-refractivity contribution < 1.29 is 4.79 Å². The average Bonchev–Trinajstić information content (AvgIpc) is 2.33. The highest BCUT2D eigenvalue weighted by Crippen LogP contribution is 2.29. The Kier molecular flexibility index (Phi) is 4.76. The molecule has 1 aliphatic rings. The van der Waals surface area contributed by atoms with Crippen molar-refractivity contribution >= 4 is 11.6 Å². The summed E-state index contributed by atoms with van der Waals surface area (Å²) in [5.41, 5.74) is 2.10. The van der Waals surface area contributed by atoms with Crippen molar-refractivity contribution in [2.45, 2.75) is 39.2 Å². The maximum Gasteiger partial charge on any atom is 0.224 e. The van der Waals surface area contributed by atoms with E-state index >= 15 is 0 Å². The van der Waals surface area contributed by atoms with E-state index in [1.165, 1.54) is 19.3 Å². The molecule has 1 fully saturated rings. The number of carbonyl (C=O) groups excluding carboxylic acids is 1. The molecular weight excluding hydrogens is 224 g/mol. The van der Waals surface area contributed by atoms with E-state index in [1.54, 1.807) is 0 Å². The van der Waals surface area contributed by atoms with Gasteiger partial charge >= 0.3 is 0 Å². The second-order valence-electron chi connectivity index (χ2n) is 4.99. The van der Waals surface area contributed by atoms with Crippen LogP contribution in [-0.2, 0) is 11.3 Å². The summed E-state index contributed by atoms with van der Waals surface area (Å²) in [6, 6.07) is 8.01. The van der Waals surface area contributed by atoms with Crippen LogP contribution in [0.25, 0.3) is 0 Å². The Morgan fingerprint density at radius 2 is 2.11 bits per heavy atom. The van der Waals surface area contributed by atoms with E-state index in [0.717, 1.165) is 24.3 Å². The lowest BCUT2D eigenvalue weighted by molar-refractivity contribution is -0.117. The molecule has 3 heteroatoms. The van der Waals surface area contributed by atoms with Gasteiger partial charge in [-0.2, -0.15) is 0 Å². The molecule has 2 rings (SSSR count). The molecule has 0 aliphatic heterocycles. The molecule has 2 N–H and O–H groups in total. The van der Waals surface area contributed by atoms with E-state index in [-0.39, 0.29) is 5.91 Å². The third-order valence-corrected chi connectivity index (χ3v) is 3.56. The molecule has 0 spiro atoms. The zero-order valence-electron chi connectivity index (χ0n) is 11.0. The van der Waals surface area contributed by atoms with E-state index in [1.807, 2.05) is 18.2 Å². The van der Waals surface area contributed by atoms with E-state index in [4.69, 9.17) is 0 Å². The Bertz CT molecular complexity index is 399. The molecule has 0 radical (unpaired) electrons. The van der Waals surface area contributed by atoms with Crippen LogP contribution < -0.4 is 10.6 Å². The van der Waals surface area contributed by atoms with Gasteiger partial charge in [-0.25, -0.2) is 0 Å². The van der Waals surface area contributed by atoms with Crippen molar-refractivity contribution in [2.24, 2.45) is 5.92 Å². The lowest BCUT2D eigenvalue weighted by atomic mass is 9.83. The lowest BCUT2D eigenvalue weighted by Gasteiger charge is -2.24.